The number of amides is 1. The Balaban J connectivity index is 1.49. The van der Waals surface area contributed by atoms with E-state index >= 15 is 0 Å². The van der Waals surface area contributed by atoms with Crippen molar-refractivity contribution in [3.8, 4) is 0 Å². The van der Waals surface area contributed by atoms with Crippen LogP contribution in [0.3, 0.4) is 0 Å². The predicted molar refractivity (Wildman–Crippen MR) is 107 cm³/mol. The van der Waals surface area contributed by atoms with Crippen LogP contribution in [0, 0.1) is 0 Å². The molecule has 28 heavy (non-hydrogen) atoms. The number of rotatable bonds is 8. The third-order valence-electron chi connectivity index (χ3n) is 4.36. The van der Waals surface area contributed by atoms with Gasteiger partial charge in [0.2, 0.25) is 11.1 Å². The lowest BCUT2D eigenvalue weighted by atomic mass is 10.2. The largest absolute Gasteiger partial charge is 0.463 e. The number of hydrogen-bond donors (Lipinski definition) is 1. The molecule has 1 saturated carbocycles. The molecule has 1 aliphatic carbocycles. The van der Waals surface area contributed by atoms with Gasteiger partial charge in [-0.15, -0.1) is 5.10 Å². The van der Waals surface area contributed by atoms with Gasteiger partial charge in [0.15, 0.2) is 0 Å². The molecule has 1 N–H and O–H groups in total. The molecule has 2 aromatic rings. The van der Waals surface area contributed by atoms with Crippen LogP contribution in [-0.4, -0.2) is 44.4 Å². The van der Waals surface area contributed by atoms with Gasteiger partial charge in [-0.1, -0.05) is 36.7 Å². The summed E-state index contributed by atoms with van der Waals surface area (Å²) in [6, 6.07) is 7.56. The van der Waals surface area contributed by atoms with Crippen LogP contribution < -0.4 is 5.32 Å². The maximum Gasteiger partial charge on any atom is 0.330 e. The van der Waals surface area contributed by atoms with Crippen LogP contribution in [0.25, 0.3) is 6.08 Å². The number of hydrogen-bond acceptors (Lipinski definition) is 7. The van der Waals surface area contributed by atoms with Crippen LogP contribution in [0.4, 0.5) is 5.69 Å². The van der Waals surface area contributed by atoms with Crippen LogP contribution >= 0.6 is 11.8 Å². The highest BCUT2D eigenvalue weighted by Gasteiger charge is 2.22. The molecule has 1 aromatic heterocycles. The molecule has 3 rings (SSSR count). The SMILES string of the molecule is CCOC(=O)C=Cc1ccc(NC(=O)CSc2nnnn2C2CCCC2)cc1. The second kappa shape index (κ2) is 10.0. The van der Waals surface area contributed by atoms with Gasteiger partial charge in [0.25, 0.3) is 0 Å². The second-order valence-electron chi connectivity index (χ2n) is 6.39. The highest BCUT2D eigenvalue weighted by atomic mass is 32.2. The van der Waals surface area contributed by atoms with E-state index in [4.69, 9.17) is 4.74 Å². The van der Waals surface area contributed by atoms with Gasteiger partial charge in [0, 0.05) is 11.8 Å². The van der Waals surface area contributed by atoms with Gasteiger partial charge in [0.1, 0.15) is 0 Å². The monoisotopic (exact) mass is 401 g/mol. The van der Waals surface area contributed by atoms with Gasteiger partial charge in [-0.3, -0.25) is 4.79 Å². The standard InChI is InChI=1S/C19H23N5O3S/c1-2-27-18(26)12-9-14-7-10-15(11-8-14)20-17(25)13-28-19-21-22-23-24(19)16-5-3-4-6-16/h7-12,16H,2-6,13H2,1H3,(H,20,25). The molecule has 1 heterocycles. The lowest BCUT2D eigenvalue weighted by molar-refractivity contribution is -0.137. The van der Waals surface area contributed by atoms with Gasteiger partial charge >= 0.3 is 5.97 Å². The third kappa shape index (κ3) is 5.66. The average Bonchev–Trinajstić information content (AvgIpc) is 3.37. The molecule has 1 aliphatic rings. The van der Waals surface area contributed by atoms with Crippen molar-refractivity contribution in [3.63, 3.8) is 0 Å². The minimum Gasteiger partial charge on any atom is -0.463 e. The second-order valence-corrected chi connectivity index (χ2v) is 7.33. The molecule has 0 bridgehead atoms. The van der Waals surface area contributed by atoms with Crippen molar-refractivity contribution in [2.24, 2.45) is 0 Å². The molecule has 9 heteroatoms. The Hall–Kier alpha value is -2.68. The van der Waals surface area contributed by atoms with Gasteiger partial charge in [0.05, 0.1) is 18.4 Å². The average molecular weight is 401 g/mol. The topological polar surface area (TPSA) is 99.0 Å². The van der Waals surface area contributed by atoms with E-state index in [0.29, 0.717) is 23.5 Å². The van der Waals surface area contributed by atoms with Crippen molar-refractivity contribution in [3.05, 3.63) is 35.9 Å². The summed E-state index contributed by atoms with van der Waals surface area (Å²) in [6.07, 6.45) is 7.61. The van der Waals surface area contributed by atoms with Crippen LogP contribution in [0.5, 0.6) is 0 Å². The van der Waals surface area contributed by atoms with E-state index in [2.05, 4.69) is 20.8 Å². The first kappa shape index (κ1) is 20.1. The summed E-state index contributed by atoms with van der Waals surface area (Å²) in [7, 11) is 0. The Morgan fingerprint density at radius 1 is 1.29 bits per heavy atom. The lowest BCUT2D eigenvalue weighted by Crippen LogP contribution is -2.15. The quantitative estimate of drug-likeness (QED) is 0.412. The zero-order valence-electron chi connectivity index (χ0n) is 15.7. The third-order valence-corrected chi connectivity index (χ3v) is 5.29. The van der Waals surface area contributed by atoms with E-state index in [1.54, 1.807) is 25.1 Å². The van der Waals surface area contributed by atoms with Crippen molar-refractivity contribution in [2.75, 3.05) is 17.7 Å². The summed E-state index contributed by atoms with van der Waals surface area (Å²) in [5, 5.41) is 15.4. The minimum absolute atomic E-state index is 0.124. The molecular weight excluding hydrogens is 378 g/mol. The van der Waals surface area contributed by atoms with Gasteiger partial charge in [-0.2, -0.15) is 0 Å². The molecule has 148 valence electrons. The number of anilines is 1. The maximum absolute atomic E-state index is 12.2. The molecule has 8 nitrogen and oxygen atoms in total. The van der Waals surface area contributed by atoms with E-state index < -0.39 is 0 Å². The normalized spacial score (nSPS) is 14.5. The zero-order valence-corrected chi connectivity index (χ0v) is 16.5. The highest BCUT2D eigenvalue weighted by molar-refractivity contribution is 7.99. The minimum atomic E-state index is -0.378. The van der Waals surface area contributed by atoms with Crippen LogP contribution in [-0.2, 0) is 14.3 Å². The van der Waals surface area contributed by atoms with Crippen LogP contribution in [0.1, 0.15) is 44.2 Å². The number of ether oxygens (including phenoxy) is 1. The van der Waals surface area contributed by atoms with Crippen molar-refractivity contribution < 1.29 is 14.3 Å². The Bertz CT molecular complexity index is 828. The molecule has 0 unspecified atom stereocenters. The number of thioether (sulfide) groups is 1. The Kier molecular flexibility index (Phi) is 7.18. The molecule has 0 saturated heterocycles. The number of benzene rings is 1. The first-order valence-electron chi connectivity index (χ1n) is 9.31. The van der Waals surface area contributed by atoms with E-state index in [9.17, 15) is 9.59 Å². The van der Waals surface area contributed by atoms with Crippen molar-refractivity contribution in [2.45, 2.75) is 43.8 Å². The highest BCUT2D eigenvalue weighted by Crippen LogP contribution is 2.31. The molecule has 0 spiro atoms. The Morgan fingerprint density at radius 2 is 2.04 bits per heavy atom. The summed E-state index contributed by atoms with van der Waals surface area (Å²) in [4.78, 5) is 23.5. The number of carbonyl (C=O) groups is 2. The summed E-state index contributed by atoms with van der Waals surface area (Å²) in [5.74, 6) is -0.268. The van der Waals surface area contributed by atoms with Gasteiger partial charge < -0.3 is 10.1 Å². The number of aromatic nitrogens is 4. The number of tetrazole rings is 1. The molecule has 0 atom stereocenters. The summed E-state index contributed by atoms with van der Waals surface area (Å²) >= 11 is 1.34. The summed E-state index contributed by atoms with van der Waals surface area (Å²) in [6.45, 7) is 2.11. The van der Waals surface area contributed by atoms with E-state index in [1.165, 1.54) is 30.7 Å². The first-order valence-corrected chi connectivity index (χ1v) is 10.3. The van der Waals surface area contributed by atoms with Crippen molar-refractivity contribution >= 4 is 35.4 Å². The number of esters is 1. The van der Waals surface area contributed by atoms with Crippen molar-refractivity contribution in [1.82, 2.24) is 20.2 Å². The molecule has 1 amide bonds. The Labute approximate surface area is 167 Å². The summed E-state index contributed by atoms with van der Waals surface area (Å²) in [5.41, 5.74) is 1.53. The number of nitrogens with zero attached hydrogens (tertiary/aromatic N) is 4. The molecular formula is C19H23N5O3S. The molecule has 0 aliphatic heterocycles. The molecule has 1 aromatic carbocycles. The summed E-state index contributed by atoms with van der Waals surface area (Å²) < 4.78 is 6.68. The van der Waals surface area contributed by atoms with E-state index in [1.807, 2.05) is 16.8 Å². The lowest BCUT2D eigenvalue weighted by Gasteiger charge is -2.10. The fourth-order valence-electron chi connectivity index (χ4n) is 3.02. The smallest absolute Gasteiger partial charge is 0.330 e. The fraction of sp³-hybridized carbons (Fsp3) is 0.421. The number of carbonyl (C=O) groups excluding carboxylic acids is 2. The molecule has 0 radical (unpaired) electrons. The first-order chi connectivity index (χ1) is 13.7. The fourth-order valence-corrected chi connectivity index (χ4v) is 3.76. The van der Waals surface area contributed by atoms with Crippen LogP contribution in [0.15, 0.2) is 35.5 Å². The van der Waals surface area contributed by atoms with E-state index in [-0.39, 0.29) is 17.6 Å². The number of nitrogens with one attached hydrogen (secondary N) is 1. The predicted octanol–water partition coefficient (Wildman–Crippen LogP) is 3.10. The van der Waals surface area contributed by atoms with E-state index in [0.717, 1.165) is 18.4 Å². The Morgan fingerprint density at radius 3 is 2.75 bits per heavy atom. The van der Waals surface area contributed by atoms with Gasteiger partial charge in [-0.05, 0) is 54.0 Å². The van der Waals surface area contributed by atoms with Crippen LogP contribution in [0.2, 0.25) is 0 Å². The molecule has 1 fully saturated rings. The van der Waals surface area contributed by atoms with Gasteiger partial charge in [-0.25, -0.2) is 9.48 Å². The zero-order chi connectivity index (χ0) is 19.8. The van der Waals surface area contributed by atoms with Crippen molar-refractivity contribution in [1.29, 1.82) is 0 Å². The maximum atomic E-state index is 12.2.